The molecule has 1 aliphatic heterocycles. The molecule has 0 amide bonds. The number of likely N-dealkylation sites (N-methyl/N-ethyl adjacent to an activating group) is 1. The van der Waals surface area contributed by atoms with Crippen LogP contribution in [0.25, 0.3) is 0 Å². The quantitative estimate of drug-likeness (QED) is 0.638. The molecular weight excluding hydrogens is 272 g/mol. The number of thioether (sulfide) groups is 1. The van der Waals surface area contributed by atoms with Gasteiger partial charge in [-0.15, -0.1) is 11.8 Å². The lowest BCUT2D eigenvalue weighted by Crippen LogP contribution is -2.28. The van der Waals surface area contributed by atoms with E-state index in [1.54, 1.807) is 6.07 Å². The Balaban J connectivity index is 2.58. The van der Waals surface area contributed by atoms with E-state index in [1.165, 1.54) is 29.2 Å². The summed E-state index contributed by atoms with van der Waals surface area (Å²) < 4.78 is 25.7. The minimum atomic E-state index is -3.51. The van der Waals surface area contributed by atoms with Crippen LogP contribution in [0.1, 0.15) is 6.92 Å². The van der Waals surface area contributed by atoms with Gasteiger partial charge in [-0.1, -0.05) is 6.92 Å². The van der Waals surface area contributed by atoms with Crippen LogP contribution < -0.4 is 5.32 Å². The topological polar surface area (TPSA) is 69.6 Å². The number of nitrogens with one attached hydrogen (secondary N) is 1. The number of hydrogen-bond donors (Lipinski definition) is 2. The summed E-state index contributed by atoms with van der Waals surface area (Å²) in [6.45, 7) is 2.95. The van der Waals surface area contributed by atoms with Crippen LogP contribution in [0.4, 0.5) is 5.69 Å². The summed E-state index contributed by atoms with van der Waals surface area (Å²) in [5.74, 6) is 0.834. The van der Waals surface area contributed by atoms with E-state index >= 15 is 0 Å². The van der Waals surface area contributed by atoms with Gasteiger partial charge >= 0.3 is 0 Å². The van der Waals surface area contributed by atoms with E-state index in [-0.39, 0.29) is 10.6 Å². The number of sulfonamides is 1. The number of fused-ring (bicyclic) bond motifs is 1. The highest BCUT2D eigenvalue weighted by Crippen LogP contribution is 2.37. The maximum absolute atomic E-state index is 12.2. The van der Waals surface area contributed by atoms with E-state index in [1.807, 2.05) is 6.92 Å². The molecule has 7 heteroatoms. The first kappa shape index (κ1) is 13.5. The smallest absolute Gasteiger partial charge is 0.245 e. The second-order valence-corrected chi connectivity index (χ2v) is 7.32. The van der Waals surface area contributed by atoms with Crippen LogP contribution in [-0.2, 0) is 10.0 Å². The molecule has 18 heavy (non-hydrogen) atoms. The van der Waals surface area contributed by atoms with E-state index < -0.39 is 10.0 Å². The zero-order valence-corrected chi connectivity index (χ0v) is 11.9. The van der Waals surface area contributed by atoms with Crippen molar-refractivity contribution in [2.45, 2.75) is 16.7 Å². The van der Waals surface area contributed by atoms with Crippen molar-refractivity contribution in [3.63, 3.8) is 0 Å². The molecule has 0 aliphatic carbocycles. The average Bonchev–Trinajstić information content (AvgIpc) is 2.41. The van der Waals surface area contributed by atoms with Crippen molar-refractivity contribution in [2.24, 2.45) is 0 Å². The van der Waals surface area contributed by atoms with Gasteiger partial charge in [0.05, 0.1) is 10.6 Å². The minimum absolute atomic E-state index is 0.0151. The fourth-order valence-corrected chi connectivity index (χ4v) is 3.86. The number of nitrogens with zero attached hydrogens (tertiary/aromatic N) is 1. The van der Waals surface area contributed by atoms with Crippen molar-refractivity contribution in [1.29, 1.82) is 0 Å². The summed E-state index contributed by atoms with van der Waals surface area (Å²) in [5.41, 5.74) is 0.563. The summed E-state index contributed by atoms with van der Waals surface area (Å²) in [6, 6.07) is 3.03. The number of anilines is 1. The first-order chi connectivity index (χ1) is 8.46. The van der Waals surface area contributed by atoms with Crippen LogP contribution in [0.3, 0.4) is 0 Å². The van der Waals surface area contributed by atoms with Gasteiger partial charge in [0.25, 0.3) is 0 Å². The van der Waals surface area contributed by atoms with Crippen molar-refractivity contribution in [1.82, 2.24) is 4.31 Å². The lowest BCUT2D eigenvalue weighted by atomic mass is 10.3. The predicted octanol–water partition coefficient (Wildman–Crippen LogP) is 1.55. The third-order valence-electron chi connectivity index (χ3n) is 2.79. The molecule has 2 N–H and O–H groups in total. The van der Waals surface area contributed by atoms with Crippen LogP contribution in [0.15, 0.2) is 21.9 Å². The Morgan fingerprint density at radius 3 is 2.89 bits per heavy atom. The predicted molar refractivity (Wildman–Crippen MR) is 72.8 cm³/mol. The number of aromatic hydroxyl groups is 1. The van der Waals surface area contributed by atoms with Gasteiger partial charge in [-0.05, 0) is 11.8 Å². The van der Waals surface area contributed by atoms with Crippen molar-refractivity contribution >= 4 is 27.5 Å². The second kappa shape index (κ2) is 4.99. The number of benzene rings is 1. The Morgan fingerprint density at radius 2 is 2.22 bits per heavy atom. The fraction of sp³-hybridized carbons (Fsp3) is 0.455. The van der Waals surface area contributed by atoms with Crippen molar-refractivity contribution in [2.75, 3.05) is 31.2 Å². The van der Waals surface area contributed by atoms with Crippen molar-refractivity contribution < 1.29 is 13.5 Å². The lowest BCUT2D eigenvalue weighted by molar-refractivity contribution is 0.458. The summed E-state index contributed by atoms with van der Waals surface area (Å²) in [4.78, 5) is 0.837. The number of phenols is 1. The van der Waals surface area contributed by atoms with Crippen molar-refractivity contribution in [3.8, 4) is 5.75 Å². The maximum Gasteiger partial charge on any atom is 0.245 e. The highest BCUT2D eigenvalue weighted by Gasteiger charge is 2.28. The van der Waals surface area contributed by atoms with Crippen LogP contribution >= 0.6 is 11.8 Å². The molecule has 0 aromatic heterocycles. The first-order valence-electron chi connectivity index (χ1n) is 5.67. The molecule has 0 atom stereocenters. The SMILES string of the molecule is CCSc1cc2c(cc1O)S(=O)(=O)N(C)CCN2. The summed E-state index contributed by atoms with van der Waals surface area (Å²) in [7, 11) is -1.97. The van der Waals surface area contributed by atoms with Gasteiger partial charge in [-0.25, -0.2) is 8.42 Å². The molecule has 1 heterocycles. The zero-order valence-electron chi connectivity index (χ0n) is 10.3. The molecular formula is C11H16N2O3S2. The standard InChI is InChI=1S/C11H16N2O3S2/c1-3-17-10-6-8-11(7-9(10)14)18(15,16)13(2)5-4-12-8/h6-7,12,14H,3-5H2,1-2H3. The summed E-state index contributed by atoms with van der Waals surface area (Å²) >= 11 is 1.48. The molecule has 0 saturated heterocycles. The van der Waals surface area contributed by atoms with Crippen molar-refractivity contribution in [3.05, 3.63) is 12.1 Å². The van der Waals surface area contributed by atoms with Gasteiger partial charge in [0.15, 0.2) is 0 Å². The van der Waals surface area contributed by atoms with Crippen LogP contribution in [0.2, 0.25) is 0 Å². The molecule has 1 aromatic rings. The molecule has 0 radical (unpaired) electrons. The van der Waals surface area contributed by atoms with Gasteiger partial charge in [-0.2, -0.15) is 4.31 Å². The largest absolute Gasteiger partial charge is 0.507 e. The molecule has 0 saturated carbocycles. The van der Waals surface area contributed by atoms with E-state index in [9.17, 15) is 13.5 Å². The van der Waals surface area contributed by atoms with E-state index in [0.29, 0.717) is 23.7 Å². The molecule has 1 aromatic carbocycles. The van der Waals surface area contributed by atoms with E-state index in [4.69, 9.17) is 0 Å². The Morgan fingerprint density at radius 1 is 1.50 bits per heavy atom. The maximum atomic E-state index is 12.2. The monoisotopic (exact) mass is 288 g/mol. The molecule has 0 bridgehead atoms. The number of hydrogen-bond acceptors (Lipinski definition) is 5. The second-order valence-electron chi connectivity index (χ2n) is 4.00. The third kappa shape index (κ3) is 2.30. The van der Waals surface area contributed by atoms with E-state index in [2.05, 4.69) is 5.32 Å². The Hall–Kier alpha value is -0.920. The molecule has 2 rings (SSSR count). The lowest BCUT2D eigenvalue weighted by Gasteiger charge is -2.14. The van der Waals surface area contributed by atoms with Gasteiger partial charge in [0.1, 0.15) is 10.6 Å². The summed E-state index contributed by atoms with van der Waals surface area (Å²) in [6.07, 6.45) is 0. The molecule has 0 spiro atoms. The molecule has 5 nitrogen and oxygen atoms in total. The average molecular weight is 288 g/mol. The van der Waals surface area contributed by atoms with Gasteiger partial charge in [-0.3, -0.25) is 0 Å². The Bertz CT molecular complexity index is 558. The molecule has 100 valence electrons. The number of rotatable bonds is 2. The third-order valence-corrected chi connectivity index (χ3v) is 5.61. The van der Waals surface area contributed by atoms with Gasteiger partial charge in [0.2, 0.25) is 10.0 Å². The Labute approximate surface area is 111 Å². The minimum Gasteiger partial charge on any atom is -0.507 e. The zero-order chi connectivity index (χ0) is 13.3. The van der Waals surface area contributed by atoms with Gasteiger partial charge in [0, 0.05) is 26.2 Å². The van der Waals surface area contributed by atoms with Crippen LogP contribution in [-0.4, -0.2) is 43.7 Å². The number of phenolic OH excluding ortho intramolecular Hbond substituents is 1. The van der Waals surface area contributed by atoms with E-state index in [0.717, 1.165) is 5.75 Å². The highest BCUT2D eigenvalue weighted by atomic mass is 32.2. The highest BCUT2D eigenvalue weighted by molar-refractivity contribution is 7.99. The first-order valence-corrected chi connectivity index (χ1v) is 8.09. The molecule has 1 aliphatic rings. The fourth-order valence-electron chi connectivity index (χ4n) is 1.81. The Kier molecular flexibility index (Phi) is 3.74. The van der Waals surface area contributed by atoms with Crippen LogP contribution in [0.5, 0.6) is 5.75 Å². The summed E-state index contributed by atoms with van der Waals surface area (Å²) in [5, 5.41) is 13.0. The van der Waals surface area contributed by atoms with Crippen LogP contribution in [0, 0.1) is 0 Å². The normalized spacial score (nSPS) is 18.8. The molecule has 0 unspecified atom stereocenters. The van der Waals surface area contributed by atoms with Gasteiger partial charge < -0.3 is 10.4 Å². The molecule has 0 fully saturated rings.